The summed E-state index contributed by atoms with van der Waals surface area (Å²) in [6.45, 7) is 8.58. The molecule has 0 aromatic carbocycles. The van der Waals surface area contributed by atoms with Gasteiger partial charge in [0.2, 0.25) is 0 Å². The molecule has 0 aromatic rings. The SMILES string of the molecule is CCCCCCCCCC(CCCCCC(C)C)OC(=O)C1(C)CCCCC1C(=O)O. The molecule has 4 heteroatoms. The highest BCUT2D eigenvalue weighted by Crippen LogP contribution is 2.42. The number of esters is 1. The normalized spacial score (nSPS) is 22.4. The Morgan fingerprint density at radius 1 is 0.903 bits per heavy atom. The fourth-order valence-corrected chi connectivity index (χ4v) is 4.95. The molecule has 1 aliphatic rings. The fraction of sp³-hybridized carbons (Fsp3) is 0.926. The van der Waals surface area contributed by atoms with Crippen LogP contribution in [0.2, 0.25) is 0 Å². The first-order valence-electron chi connectivity index (χ1n) is 13.2. The molecule has 0 saturated heterocycles. The van der Waals surface area contributed by atoms with E-state index in [1.54, 1.807) is 0 Å². The summed E-state index contributed by atoms with van der Waals surface area (Å²) in [6, 6.07) is 0. The molecule has 1 rings (SSSR count). The number of carboxylic acid groups (broad SMARTS) is 1. The summed E-state index contributed by atoms with van der Waals surface area (Å²) in [5, 5.41) is 9.66. The van der Waals surface area contributed by atoms with Crippen molar-refractivity contribution in [2.45, 2.75) is 143 Å². The van der Waals surface area contributed by atoms with Gasteiger partial charge < -0.3 is 9.84 Å². The van der Waals surface area contributed by atoms with Crippen LogP contribution in [0.5, 0.6) is 0 Å². The molecule has 3 atom stereocenters. The van der Waals surface area contributed by atoms with Crippen LogP contribution in [0.1, 0.15) is 137 Å². The molecule has 0 spiro atoms. The number of ether oxygens (including phenoxy) is 1. The lowest BCUT2D eigenvalue weighted by Crippen LogP contribution is -2.44. The van der Waals surface area contributed by atoms with Gasteiger partial charge in [0.15, 0.2) is 0 Å². The molecule has 0 aliphatic heterocycles. The Kier molecular flexibility index (Phi) is 14.2. The summed E-state index contributed by atoms with van der Waals surface area (Å²) in [6.07, 6.45) is 18.3. The quantitative estimate of drug-likeness (QED) is 0.185. The molecule has 182 valence electrons. The van der Waals surface area contributed by atoms with Gasteiger partial charge in [0, 0.05) is 0 Å². The second-order valence-electron chi connectivity index (χ2n) is 10.5. The van der Waals surface area contributed by atoms with Gasteiger partial charge in [-0.1, -0.05) is 91.4 Å². The summed E-state index contributed by atoms with van der Waals surface area (Å²) in [5.41, 5.74) is -0.875. The van der Waals surface area contributed by atoms with E-state index in [2.05, 4.69) is 20.8 Å². The summed E-state index contributed by atoms with van der Waals surface area (Å²) in [4.78, 5) is 24.9. The third-order valence-corrected chi connectivity index (χ3v) is 7.18. The zero-order chi connectivity index (χ0) is 23.1. The Balaban J connectivity index is 2.57. The van der Waals surface area contributed by atoms with Crippen molar-refractivity contribution >= 4 is 11.9 Å². The second kappa shape index (κ2) is 15.7. The Morgan fingerprint density at radius 3 is 2.03 bits per heavy atom. The number of carbonyl (C=O) groups is 2. The van der Waals surface area contributed by atoms with Crippen LogP contribution in [0.3, 0.4) is 0 Å². The van der Waals surface area contributed by atoms with Gasteiger partial charge >= 0.3 is 11.9 Å². The zero-order valence-corrected chi connectivity index (χ0v) is 20.9. The number of carbonyl (C=O) groups excluding carboxylic acids is 1. The summed E-state index contributed by atoms with van der Waals surface area (Å²) in [7, 11) is 0. The van der Waals surface area contributed by atoms with Crippen LogP contribution >= 0.6 is 0 Å². The van der Waals surface area contributed by atoms with Crippen LogP contribution in [0.25, 0.3) is 0 Å². The molecule has 0 radical (unpaired) electrons. The molecule has 3 unspecified atom stereocenters. The largest absolute Gasteiger partial charge is 0.481 e. The Morgan fingerprint density at radius 2 is 1.45 bits per heavy atom. The van der Waals surface area contributed by atoms with Crippen molar-refractivity contribution in [3.63, 3.8) is 0 Å². The molecule has 1 fully saturated rings. The van der Waals surface area contributed by atoms with Crippen molar-refractivity contribution in [1.29, 1.82) is 0 Å². The summed E-state index contributed by atoms with van der Waals surface area (Å²) < 4.78 is 6.04. The van der Waals surface area contributed by atoms with E-state index < -0.39 is 17.3 Å². The molecule has 4 nitrogen and oxygen atoms in total. The fourth-order valence-electron chi connectivity index (χ4n) is 4.95. The van der Waals surface area contributed by atoms with E-state index in [9.17, 15) is 14.7 Å². The Labute approximate surface area is 191 Å². The average Bonchev–Trinajstić information content (AvgIpc) is 2.72. The minimum Gasteiger partial charge on any atom is -0.481 e. The van der Waals surface area contributed by atoms with Gasteiger partial charge in [0.25, 0.3) is 0 Å². The smallest absolute Gasteiger partial charge is 0.312 e. The first-order valence-corrected chi connectivity index (χ1v) is 13.2. The van der Waals surface area contributed by atoms with Gasteiger partial charge in [0.05, 0.1) is 11.3 Å². The van der Waals surface area contributed by atoms with Gasteiger partial charge in [-0.25, -0.2) is 0 Å². The Bertz CT molecular complexity index is 501. The Hall–Kier alpha value is -1.06. The van der Waals surface area contributed by atoms with Crippen molar-refractivity contribution in [2.24, 2.45) is 17.3 Å². The molecule has 0 amide bonds. The maximum atomic E-state index is 13.1. The number of unbranched alkanes of at least 4 members (excludes halogenated alkanes) is 8. The van der Waals surface area contributed by atoms with E-state index in [0.717, 1.165) is 44.4 Å². The van der Waals surface area contributed by atoms with Gasteiger partial charge in [-0.3, -0.25) is 9.59 Å². The molecule has 0 heterocycles. The highest BCUT2D eigenvalue weighted by Gasteiger charge is 2.48. The first kappa shape index (κ1) is 28.0. The average molecular weight is 439 g/mol. The predicted octanol–water partition coefficient (Wildman–Crippen LogP) is 7.93. The van der Waals surface area contributed by atoms with Crippen LogP contribution in [0.4, 0.5) is 0 Å². The van der Waals surface area contributed by atoms with Crippen LogP contribution in [0, 0.1) is 17.3 Å². The maximum absolute atomic E-state index is 13.1. The summed E-state index contributed by atoms with van der Waals surface area (Å²) >= 11 is 0. The van der Waals surface area contributed by atoms with Gasteiger partial charge in [-0.05, 0) is 51.4 Å². The van der Waals surface area contributed by atoms with E-state index in [1.165, 1.54) is 57.8 Å². The topological polar surface area (TPSA) is 63.6 Å². The van der Waals surface area contributed by atoms with Crippen molar-refractivity contribution in [3.8, 4) is 0 Å². The predicted molar refractivity (Wildman–Crippen MR) is 128 cm³/mol. The lowest BCUT2D eigenvalue weighted by Gasteiger charge is -2.37. The van der Waals surface area contributed by atoms with Crippen LogP contribution in [-0.2, 0) is 14.3 Å². The number of rotatable bonds is 17. The maximum Gasteiger partial charge on any atom is 0.312 e. The number of hydrogen-bond acceptors (Lipinski definition) is 3. The van der Waals surface area contributed by atoms with E-state index in [0.29, 0.717) is 12.8 Å². The molecule has 0 bridgehead atoms. The molecular weight excluding hydrogens is 388 g/mol. The number of hydrogen-bond donors (Lipinski definition) is 1. The van der Waals surface area contributed by atoms with Gasteiger partial charge in [-0.15, -0.1) is 0 Å². The third kappa shape index (κ3) is 10.9. The van der Waals surface area contributed by atoms with Crippen LogP contribution < -0.4 is 0 Å². The minimum atomic E-state index is -0.875. The van der Waals surface area contributed by atoms with Gasteiger partial charge in [0.1, 0.15) is 6.10 Å². The van der Waals surface area contributed by atoms with E-state index in [-0.39, 0.29) is 12.1 Å². The molecule has 0 aromatic heterocycles. The molecule has 1 aliphatic carbocycles. The van der Waals surface area contributed by atoms with Gasteiger partial charge in [-0.2, -0.15) is 0 Å². The second-order valence-corrected chi connectivity index (χ2v) is 10.5. The standard InChI is InChI=1S/C27H50O4/c1-5-6-7-8-9-10-13-18-23(19-14-11-12-17-22(2)3)31-26(30)27(4)21-16-15-20-24(27)25(28)29/h22-24H,5-21H2,1-4H3,(H,28,29). The van der Waals surface area contributed by atoms with E-state index in [1.807, 2.05) is 6.92 Å². The van der Waals surface area contributed by atoms with Crippen molar-refractivity contribution < 1.29 is 19.4 Å². The lowest BCUT2D eigenvalue weighted by atomic mass is 9.67. The third-order valence-electron chi connectivity index (χ3n) is 7.18. The monoisotopic (exact) mass is 438 g/mol. The minimum absolute atomic E-state index is 0.0598. The highest BCUT2D eigenvalue weighted by molar-refractivity contribution is 5.84. The van der Waals surface area contributed by atoms with Crippen LogP contribution in [0.15, 0.2) is 0 Å². The van der Waals surface area contributed by atoms with Crippen LogP contribution in [-0.4, -0.2) is 23.1 Å². The van der Waals surface area contributed by atoms with Crippen molar-refractivity contribution in [3.05, 3.63) is 0 Å². The molecule has 1 saturated carbocycles. The molecular formula is C27H50O4. The summed E-state index contributed by atoms with van der Waals surface area (Å²) in [5.74, 6) is -0.995. The number of carboxylic acids is 1. The zero-order valence-electron chi connectivity index (χ0n) is 20.9. The number of aliphatic carboxylic acids is 1. The van der Waals surface area contributed by atoms with E-state index >= 15 is 0 Å². The van der Waals surface area contributed by atoms with Crippen molar-refractivity contribution in [2.75, 3.05) is 0 Å². The van der Waals surface area contributed by atoms with E-state index in [4.69, 9.17) is 4.74 Å². The highest BCUT2D eigenvalue weighted by atomic mass is 16.5. The molecule has 31 heavy (non-hydrogen) atoms. The molecule has 1 N–H and O–H groups in total. The van der Waals surface area contributed by atoms with Crippen molar-refractivity contribution in [1.82, 2.24) is 0 Å². The lowest BCUT2D eigenvalue weighted by molar-refractivity contribution is -0.174. The first-order chi connectivity index (χ1) is 14.8.